The van der Waals surface area contributed by atoms with E-state index in [1.807, 2.05) is 31.6 Å². The Morgan fingerprint density at radius 1 is 1.34 bits per heavy atom. The fraction of sp³-hybridized carbons (Fsp3) is 0.385. The summed E-state index contributed by atoms with van der Waals surface area (Å²) < 4.78 is 8.01. The van der Waals surface area contributed by atoms with Crippen LogP contribution in [0.3, 0.4) is 0 Å². The minimum Gasteiger partial charge on any atom is -0.516 e. The number of hydrogen-bond acceptors (Lipinski definition) is 10. The Morgan fingerprint density at radius 2 is 2.16 bits per heavy atom. The molecule has 1 aliphatic heterocycles. The normalized spacial score (nSPS) is 18.4. The smallest absolute Gasteiger partial charge is 0.255 e. The molecule has 0 bridgehead atoms. The molecule has 0 radical (unpaired) electrons. The summed E-state index contributed by atoms with van der Waals surface area (Å²) in [4.78, 5) is 26.8. The fourth-order valence-corrected chi connectivity index (χ4v) is 4.18. The molecule has 1 aromatic carbocycles. The Balaban J connectivity index is 1.45. The van der Waals surface area contributed by atoms with Gasteiger partial charge in [-0.05, 0) is 38.1 Å². The Morgan fingerprint density at radius 3 is 2.84 bits per heavy atom. The number of carbonyl (C=O) groups excluding carboxylic acids is 1. The summed E-state index contributed by atoms with van der Waals surface area (Å²) in [6.45, 7) is 6.79. The maximum Gasteiger partial charge on any atom is 0.255 e. The van der Waals surface area contributed by atoms with E-state index < -0.39 is 12.0 Å². The van der Waals surface area contributed by atoms with Gasteiger partial charge in [-0.3, -0.25) is 9.48 Å². The Kier molecular flexibility index (Phi) is 8.18. The number of nitrogens with zero attached hydrogens (tertiary/aromatic N) is 7. The van der Waals surface area contributed by atoms with Gasteiger partial charge in [0.25, 0.3) is 5.91 Å². The average molecular weight is 519 g/mol. The van der Waals surface area contributed by atoms with Crippen LogP contribution in [0.5, 0.6) is 5.75 Å². The second kappa shape index (κ2) is 11.7. The molecule has 12 heteroatoms. The maximum absolute atomic E-state index is 12.3. The van der Waals surface area contributed by atoms with Crippen LogP contribution in [0.4, 0.5) is 11.6 Å². The number of amides is 1. The van der Waals surface area contributed by atoms with Gasteiger partial charge in [0, 0.05) is 43.2 Å². The lowest BCUT2D eigenvalue weighted by Crippen LogP contribution is -2.49. The molecule has 198 valence electrons. The minimum absolute atomic E-state index is 0.0403. The predicted molar refractivity (Wildman–Crippen MR) is 138 cm³/mol. The highest BCUT2D eigenvalue weighted by molar-refractivity contribution is 5.82. The van der Waals surface area contributed by atoms with Crippen molar-refractivity contribution in [3.8, 4) is 23.2 Å². The molecule has 3 heterocycles. The van der Waals surface area contributed by atoms with E-state index in [-0.39, 0.29) is 18.1 Å². The van der Waals surface area contributed by atoms with Crippen LogP contribution in [0, 0.1) is 17.2 Å². The molecule has 4 rings (SSSR count). The summed E-state index contributed by atoms with van der Waals surface area (Å²) in [6, 6.07) is 7.59. The predicted octanol–water partition coefficient (Wildman–Crippen LogP) is 2.98. The number of benzene rings is 1. The molecular weight excluding hydrogens is 488 g/mol. The van der Waals surface area contributed by atoms with Crippen molar-refractivity contribution in [2.45, 2.75) is 45.4 Å². The molecular formula is C26H30N8O4. The van der Waals surface area contributed by atoms with Crippen molar-refractivity contribution in [2.24, 2.45) is 5.92 Å². The molecule has 3 atom stereocenters. The molecule has 0 aliphatic carbocycles. The van der Waals surface area contributed by atoms with E-state index in [2.05, 4.69) is 31.4 Å². The van der Waals surface area contributed by atoms with Gasteiger partial charge in [0.15, 0.2) is 11.9 Å². The molecule has 1 saturated heterocycles. The van der Waals surface area contributed by atoms with E-state index >= 15 is 0 Å². The lowest BCUT2D eigenvalue weighted by atomic mass is 9.95. The van der Waals surface area contributed by atoms with Crippen molar-refractivity contribution in [2.75, 3.05) is 18.4 Å². The van der Waals surface area contributed by atoms with Gasteiger partial charge in [-0.15, -0.1) is 0 Å². The quantitative estimate of drug-likeness (QED) is 0.378. The summed E-state index contributed by atoms with van der Waals surface area (Å²) in [6.07, 6.45) is 5.58. The number of ether oxygens (including phenoxy) is 1. The zero-order chi connectivity index (χ0) is 27.2. The topological polar surface area (TPSA) is 162 Å². The van der Waals surface area contributed by atoms with Crippen LogP contribution in [0.15, 0.2) is 49.3 Å². The molecule has 1 amide bonds. The second-order valence-electron chi connectivity index (χ2n) is 9.38. The number of nitrogens with one attached hydrogen (secondary N) is 1. The second-order valence-corrected chi connectivity index (χ2v) is 9.38. The highest BCUT2D eigenvalue weighted by Crippen LogP contribution is 2.29. The number of likely N-dealkylation sites (tertiary alicyclic amines) is 1. The van der Waals surface area contributed by atoms with Gasteiger partial charge in [0.05, 0.1) is 23.7 Å². The van der Waals surface area contributed by atoms with Crippen LogP contribution in [-0.2, 0) is 4.79 Å². The van der Waals surface area contributed by atoms with Crippen LogP contribution in [-0.4, -0.2) is 71.1 Å². The standard InChI is InChI=1S/C26H30N8O4/c1-16(2)34-14-20(12-30-34)31-26-29-15-28-24(32-26)18-4-5-23(19(10-18)11-27)38-22-6-8-33(13-17(22)3)25(37)21(36)7-9-35/h4-5,7,9-10,12,14-17,21-22,35-36H,6,8,13H2,1-3H3,(H,28,29,31,32)/b9-7+/t17-,21+,22+/m1/s1. The first-order valence-corrected chi connectivity index (χ1v) is 12.3. The fourth-order valence-electron chi connectivity index (χ4n) is 4.18. The summed E-state index contributed by atoms with van der Waals surface area (Å²) in [7, 11) is 0. The van der Waals surface area contributed by atoms with Gasteiger partial charge in [0.2, 0.25) is 5.95 Å². The van der Waals surface area contributed by atoms with Crippen molar-refractivity contribution >= 4 is 17.5 Å². The zero-order valence-corrected chi connectivity index (χ0v) is 21.4. The number of piperidine rings is 1. The monoisotopic (exact) mass is 518 g/mol. The van der Waals surface area contributed by atoms with Crippen LogP contribution < -0.4 is 10.1 Å². The minimum atomic E-state index is -1.38. The number of aliphatic hydroxyl groups excluding tert-OH is 2. The third-order valence-corrected chi connectivity index (χ3v) is 6.25. The van der Waals surface area contributed by atoms with E-state index in [9.17, 15) is 15.2 Å². The van der Waals surface area contributed by atoms with Crippen molar-refractivity contribution < 1.29 is 19.7 Å². The summed E-state index contributed by atoms with van der Waals surface area (Å²) in [5.41, 5.74) is 1.72. The number of rotatable bonds is 8. The molecule has 0 saturated carbocycles. The number of aromatic nitrogens is 5. The van der Waals surface area contributed by atoms with Crippen molar-refractivity contribution in [1.82, 2.24) is 29.6 Å². The van der Waals surface area contributed by atoms with Gasteiger partial charge in [-0.2, -0.15) is 15.3 Å². The van der Waals surface area contributed by atoms with Crippen molar-refractivity contribution in [3.05, 3.63) is 54.8 Å². The molecule has 1 fully saturated rings. The zero-order valence-electron chi connectivity index (χ0n) is 21.4. The Labute approximate surface area is 220 Å². The van der Waals surface area contributed by atoms with Crippen LogP contribution in [0.2, 0.25) is 0 Å². The number of nitriles is 1. The molecule has 38 heavy (non-hydrogen) atoms. The Hall–Kier alpha value is -4.50. The van der Waals surface area contributed by atoms with E-state index in [0.29, 0.717) is 54.4 Å². The van der Waals surface area contributed by atoms with Gasteiger partial charge >= 0.3 is 0 Å². The SMILES string of the molecule is CC(C)n1cc(Nc2ncnc(-c3ccc(O[C@H]4CCN(C(=O)[C@@H](O)/C=C/O)C[C@H]4C)c(C#N)c3)n2)cn1. The van der Waals surface area contributed by atoms with Gasteiger partial charge < -0.3 is 25.2 Å². The highest BCUT2D eigenvalue weighted by atomic mass is 16.5. The third kappa shape index (κ3) is 6.07. The molecule has 3 N–H and O–H groups in total. The van der Waals surface area contributed by atoms with Crippen LogP contribution in [0.25, 0.3) is 11.4 Å². The molecule has 12 nitrogen and oxygen atoms in total. The molecule has 1 aliphatic rings. The molecule has 0 unspecified atom stereocenters. The summed E-state index contributed by atoms with van der Waals surface area (Å²) >= 11 is 0. The first-order chi connectivity index (χ1) is 18.3. The lowest BCUT2D eigenvalue weighted by Gasteiger charge is -2.37. The van der Waals surface area contributed by atoms with Crippen LogP contribution in [0.1, 0.15) is 38.8 Å². The lowest BCUT2D eigenvalue weighted by molar-refractivity contribution is -0.141. The van der Waals surface area contributed by atoms with Crippen LogP contribution >= 0.6 is 0 Å². The first-order valence-electron chi connectivity index (χ1n) is 12.3. The van der Waals surface area contributed by atoms with Gasteiger partial charge in [0.1, 0.15) is 24.3 Å². The number of aliphatic hydroxyl groups is 2. The maximum atomic E-state index is 12.3. The largest absolute Gasteiger partial charge is 0.516 e. The van der Waals surface area contributed by atoms with E-state index in [4.69, 9.17) is 9.84 Å². The van der Waals surface area contributed by atoms with Gasteiger partial charge in [-0.25, -0.2) is 9.97 Å². The van der Waals surface area contributed by atoms with E-state index in [1.54, 1.807) is 29.3 Å². The average Bonchev–Trinajstić information content (AvgIpc) is 3.38. The number of carbonyl (C=O) groups is 1. The summed E-state index contributed by atoms with van der Waals surface area (Å²) in [5, 5.41) is 35.8. The van der Waals surface area contributed by atoms with Crippen molar-refractivity contribution in [3.63, 3.8) is 0 Å². The molecule has 2 aromatic heterocycles. The first kappa shape index (κ1) is 26.6. The molecule has 3 aromatic rings. The van der Waals surface area contributed by atoms with E-state index in [1.165, 1.54) is 6.33 Å². The Bertz CT molecular complexity index is 1350. The highest BCUT2D eigenvalue weighted by Gasteiger charge is 2.32. The number of anilines is 2. The summed E-state index contributed by atoms with van der Waals surface area (Å²) in [5.74, 6) is 0.679. The third-order valence-electron chi connectivity index (χ3n) is 6.25. The van der Waals surface area contributed by atoms with Gasteiger partial charge in [-0.1, -0.05) is 6.92 Å². The van der Waals surface area contributed by atoms with E-state index in [0.717, 1.165) is 11.8 Å². The number of hydrogen-bond donors (Lipinski definition) is 3. The molecule has 0 spiro atoms. The van der Waals surface area contributed by atoms with Crippen molar-refractivity contribution in [1.29, 1.82) is 5.26 Å².